The average molecular weight is 541 g/mol. The smallest absolute Gasteiger partial charge is 0.415 e. The summed E-state index contributed by atoms with van der Waals surface area (Å²) in [6.45, 7) is 0.176. The van der Waals surface area contributed by atoms with Crippen molar-refractivity contribution >= 4 is 11.5 Å². The number of allylic oxidation sites excluding steroid dienone is 1. The van der Waals surface area contributed by atoms with E-state index in [1.807, 2.05) is 11.0 Å². The summed E-state index contributed by atoms with van der Waals surface area (Å²) in [5, 5.41) is 29.0. The number of nitrogens with zero attached hydrogens (tertiary/aromatic N) is 6. The first-order valence-electron chi connectivity index (χ1n) is 12.3. The van der Waals surface area contributed by atoms with Crippen molar-refractivity contribution in [2.45, 2.75) is 56.5 Å². The number of halogens is 3. The summed E-state index contributed by atoms with van der Waals surface area (Å²) in [7, 11) is 0. The Labute approximate surface area is 220 Å². The van der Waals surface area contributed by atoms with Gasteiger partial charge in [0.15, 0.2) is 0 Å². The minimum atomic E-state index is -4.96. The molecule has 1 saturated heterocycles. The van der Waals surface area contributed by atoms with Gasteiger partial charge in [0.05, 0.1) is 11.5 Å². The number of nitro groups is 1. The molecule has 2 aromatic heterocycles. The Balaban J connectivity index is 1.68. The molecule has 4 bridgehead atoms. The number of fused-ring (bicyclic) bond motifs is 7. The van der Waals surface area contributed by atoms with E-state index in [0.717, 1.165) is 18.9 Å². The number of hydrogen-bond donors (Lipinski definition) is 0. The van der Waals surface area contributed by atoms with Crippen LogP contribution < -0.4 is 4.90 Å². The van der Waals surface area contributed by atoms with Crippen LogP contribution >= 0.6 is 0 Å². The summed E-state index contributed by atoms with van der Waals surface area (Å²) >= 11 is 0. The zero-order valence-corrected chi connectivity index (χ0v) is 20.6. The summed E-state index contributed by atoms with van der Waals surface area (Å²) in [5.74, 6) is -1.26. The van der Waals surface area contributed by atoms with Crippen LogP contribution in [0.5, 0.6) is 0 Å². The number of aromatic nitrogens is 3. The fourth-order valence-corrected chi connectivity index (χ4v) is 4.96. The highest BCUT2D eigenvalue weighted by Gasteiger charge is 2.61. The third kappa shape index (κ3) is 4.95. The Bertz CT molecular complexity index is 1440. The fourth-order valence-electron chi connectivity index (χ4n) is 4.96. The van der Waals surface area contributed by atoms with Crippen LogP contribution in [0.3, 0.4) is 0 Å². The molecule has 1 fully saturated rings. The standard InChI is InChI=1S/C26H23F3N6O4/c27-26(28,29)25(38-16-17-8-3-1-4-9-17)12-6-2-5-10-19-11-7-13-34(19)22-18(15-30)14-20(35(36)37)21(31-22)23-32-33-24(25)39-23/h1-5,8-9,14,19H,6-7,10-13,16H2/t19-,25?/m1/s1. The number of rotatable bonds is 4. The lowest BCUT2D eigenvalue weighted by molar-refractivity contribution is -0.384. The highest BCUT2D eigenvalue weighted by Crippen LogP contribution is 2.47. The Hall–Kier alpha value is -4.31. The molecule has 0 aliphatic carbocycles. The van der Waals surface area contributed by atoms with Gasteiger partial charge in [0.1, 0.15) is 17.5 Å². The summed E-state index contributed by atoms with van der Waals surface area (Å²) < 4.78 is 55.5. The van der Waals surface area contributed by atoms with Crippen molar-refractivity contribution in [1.29, 1.82) is 5.26 Å². The number of benzene rings is 1. The maximum Gasteiger partial charge on any atom is 0.426 e. The Kier molecular flexibility index (Phi) is 7.05. The van der Waals surface area contributed by atoms with E-state index in [0.29, 0.717) is 18.5 Å². The molecule has 0 spiro atoms. The Morgan fingerprint density at radius 1 is 1.26 bits per heavy atom. The van der Waals surface area contributed by atoms with Crippen molar-refractivity contribution in [3.8, 4) is 17.7 Å². The molecule has 13 heteroatoms. The third-order valence-electron chi connectivity index (χ3n) is 6.95. The van der Waals surface area contributed by atoms with Gasteiger partial charge >= 0.3 is 11.9 Å². The van der Waals surface area contributed by atoms with Gasteiger partial charge in [0, 0.05) is 18.7 Å². The molecule has 2 atom stereocenters. The molecule has 5 rings (SSSR count). The van der Waals surface area contributed by atoms with Gasteiger partial charge in [0.25, 0.3) is 11.8 Å². The van der Waals surface area contributed by atoms with Crippen molar-refractivity contribution < 1.29 is 27.2 Å². The quantitative estimate of drug-likeness (QED) is 0.236. The van der Waals surface area contributed by atoms with Gasteiger partial charge in [-0.05, 0) is 37.7 Å². The van der Waals surface area contributed by atoms with Gasteiger partial charge in [0.2, 0.25) is 11.3 Å². The molecule has 0 saturated carbocycles. The van der Waals surface area contributed by atoms with E-state index in [2.05, 4.69) is 15.2 Å². The predicted octanol–water partition coefficient (Wildman–Crippen LogP) is 5.59. The van der Waals surface area contributed by atoms with Crippen LogP contribution in [0.2, 0.25) is 0 Å². The Morgan fingerprint density at radius 3 is 2.77 bits per heavy atom. The molecule has 2 aliphatic heterocycles. The molecule has 4 heterocycles. The lowest BCUT2D eigenvalue weighted by atomic mass is 9.95. The van der Waals surface area contributed by atoms with Gasteiger partial charge in [-0.2, -0.15) is 18.4 Å². The van der Waals surface area contributed by atoms with E-state index in [1.165, 1.54) is 0 Å². The van der Waals surface area contributed by atoms with Crippen LogP contribution in [0.15, 0.2) is 53.0 Å². The third-order valence-corrected chi connectivity index (χ3v) is 6.95. The maximum atomic E-state index is 14.8. The van der Waals surface area contributed by atoms with Crippen molar-refractivity contribution in [3.05, 3.63) is 75.7 Å². The largest absolute Gasteiger partial charge is 0.426 e. The Morgan fingerprint density at radius 2 is 2.05 bits per heavy atom. The van der Waals surface area contributed by atoms with E-state index in [1.54, 1.807) is 42.5 Å². The normalized spacial score (nSPS) is 21.2. The van der Waals surface area contributed by atoms with Crippen LogP contribution in [0, 0.1) is 21.4 Å². The molecule has 2 aliphatic rings. The molecule has 3 aromatic rings. The minimum absolute atomic E-state index is 0.00806. The first kappa shape index (κ1) is 26.3. The van der Waals surface area contributed by atoms with E-state index >= 15 is 0 Å². The number of ether oxygens (including phenoxy) is 1. The van der Waals surface area contributed by atoms with Crippen LogP contribution in [0.4, 0.5) is 24.7 Å². The van der Waals surface area contributed by atoms with Gasteiger partial charge in [-0.25, -0.2) is 4.98 Å². The summed E-state index contributed by atoms with van der Waals surface area (Å²) in [5.41, 5.74) is -3.54. The second-order valence-corrected chi connectivity index (χ2v) is 9.34. The number of alkyl halides is 3. The molecule has 0 radical (unpaired) electrons. The first-order chi connectivity index (χ1) is 18.7. The second kappa shape index (κ2) is 10.5. The van der Waals surface area contributed by atoms with Crippen molar-refractivity contribution in [2.24, 2.45) is 0 Å². The monoisotopic (exact) mass is 540 g/mol. The minimum Gasteiger partial charge on any atom is -0.415 e. The fraction of sp³-hybridized carbons (Fsp3) is 0.385. The van der Waals surface area contributed by atoms with Crippen molar-refractivity contribution in [1.82, 2.24) is 15.2 Å². The SMILES string of the molecule is N#Cc1cc([N+](=O)[O-])c2nc1N1CCC[C@H]1CC=CCCC(OCc1ccccc1)(C(F)(F)F)c1nnc-2o1. The number of anilines is 1. The molecule has 1 aromatic carbocycles. The molecular formula is C26H23F3N6O4. The number of pyridine rings is 1. The highest BCUT2D eigenvalue weighted by molar-refractivity contribution is 5.70. The number of nitriles is 1. The second-order valence-electron chi connectivity index (χ2n) is 9.34. The van der Waals surface area contributed by atoms with Gasteiger partial charge in [-0.1, -0.05) is 42.5 Å². The number of hydrogen-bond acceptors (Lipinski definition) is 9. The molecule has 1 unspecified atom stereocenters. The van der Waals surface area contributed by atoms with Crippen LogP contribution in [0.1, 0.15) is 49.1 Å². The lowest BCUT2D eigenvalue weighted by Crippen LogP contribution is -2.45. The van der Waals surface area contributed by atoms with Gasteiger partial charge < -0.3 is 14.1 Å². The predicted molar refractivity (Wildman–Crippen MR) is 131 cm³/mol. The van der Waals surface area contributed by atoms with Gasteiger partial charge in [-0.3, -0.25) is 10.1 Å². The van der Waals surface area contributed by atoms with E-state index in [4.69, 9.17) is 9.15 Å². The van der Waals surface area contributed by atoms with Crippen LogP contribution in [-0.4, -0.2) is 38.9 Å². The molecule has 10 nitrogen and oxygen atoms in total. The molecular weight excluding hydrogens is 517 g/mol. The first-order valence-corrected chi connectivity index (χ1v) is 12.3. The summed E-state index contributed by atoms with van der Waals surface area (Å²) in [6.07, 6.45) is -0.00534. The van der Waals surface area contributed by atoms with Crippen LogP contribution in [-0.2, 0) is 16.9 Å². The topological polar surface area (TPSA) is 131 Å². The summed E-state index contributed by atoms with van der Waals surface area (Å²) in [6, 6.07) is 11.3. The zero-order chi connectivity index (χ0) is 27.6. The zero-order valence-electron chi connectivity index (χ0n) is 20.6. The van der Waals surface area contributed by atoms with E-state index in [9.17, 15) is 28.5 Å². The van der Waals surface area contributed by atoms with Crippen molar-refractivity contribution in [2.75, 3.05) is 11.4 Å². The maximum absolute atomic E-state index is 14.8. The van der Waals surface area contributed by atoms with Crippen molar-refractivity contribution in [3.63, 3.8) is 0 Å². The average Bonchev–Trinajstić information content (AvgIpc) is 3.59. The molecule has 0 amide bonds. The molecule has 39 heavy (non-hydrogen) atoms. The lowest BCUT2D eigenvalue weighted by Gasteiger charge is -2.32. The molecule has 202 valence electrons. The molecule has 0 N–H and O–H groups in total. The van der Waals surface area contributed by atoms with Crippen LogP contribution in [0.25, 0.3) is 11.6 Å². The van der Waals surface area contributed by atoms with E-state index in [-0.39, 0.29) is 23.8 Å². The van der Waals surface area contributed by atoms with Gasteiger partial charge in [-0.15, -0.1) is 10.2 Å². The highest BCUT2D eigenvalue weighted by atomic mass is 19.4. The van der Waals surface area contributed by atoms with E-state index < -0.39 is 52.9 Å². The summed E-state index contributed by atoms with van der Waals surface area (Å²) in [4.78, 5) is 17.4.